The van der Waals surface area contributed by atoms with Gasteiger partial charge < -0.3 is 9.32 Å². The van der Waals surface area contributed by atoms with Crippen molar-refractivity contribution in [1.29, 1.82) is 0 Å². The number of hydrogen-bond donors (Lipinski definition) is 0. The highest BCUT2D eigenvalue weighted by Gasteiger charge is 2.22. The van der Waals surface area contributed by atoms with Gasteiger partial charge in [0.1, 0.15) is 11.2 Å². The van der Waals surface area contributed by atoms with Crippen molar-refractivity contribution in [2.75, 3.05) is 4.90 Å². The van der Waals surface area contributed by atoms with Gasteiger partial charge in [-0.3, -0.25) is 0 Å². The molecule has 0 bridgehead atoms. The smallest absolute Gasteiger partial charge is 0.143 e. The summed E-state index contributed by atoms with van der Waals surface area (Å²) >= 11 is 1.85. The molecule has 0 radical (unpaired) electrons. The van der Waals surface area contributed by atoms with Gasteiger partial charge in [0.2, 0.25) is 0 Å². The molecule has 2 heterocycles. The molecule has 258 valence electrons. The van der Waals surface area contributed by atoms with Gasteiger partial charge in [-0.05, 0) is 75.7 Å². The lowest BCUT2D eigenvalue weighted by Gasteiger charge is -2.28. The first-order chi connectivity index (χ1) is 27.3. The van der Waals surface area contributed by atoms with Gasteiger partial charge in [0, 0.05) is 53.3 Å². The SMILES string of the molecule is c1ccc(-c2cc(N(c3ccc4c(c3)sc3ccccc34)c3ccc(-c4ccccc4)c4ccccc34)ccc2-c2cccc3c2oc2ccccc23)cc1. The number of fused-ring (bicyclic) bond motifs is 7. The molecule has 0 unspecified atom stereocenters. The average molecular weight is 720 g/mol. The van der Waals surface area contributed by atoms with Crippen molar-refractivity contribution in [3.05, 3.63) is 200 Å². The fourth-order valence-electron chi connectivity index (χ4n) is 8.35. The van der Waals surface area contributed by atoms with Crippen molar-refractivity contribution >= 4 is 81.3 Å². The van der Waals surface area contributed by atoms with Crippen molar-refractivity contribution in [2.45, 2.75) is 0 Å². The number of furan rings is 1. The van der Waals surface area contributed by atoms with Crippen LogP contribution in [0, 0.1) is 0 Å². The van der Waals surface area contributed by atoms with Crippen LogP contribution in [0.4, 0.5) is 17.1 Å². The maximum atomic E-state index is 6.60. The molecule has 0 aliphatic heterocycles. The second-order valence-electron chi connectivity index (χ2n) is 14.0. The van der Waals surface area contributed by atoms with E-state index in [1.807, 2.05) is 17.4 Å². The fraction of sp³-hybridized carbons (Fsp3) is 0. The zero-order valence-corrected chi connectivity index (χ0v) is 30.6. The highest BCUT2D eigenvalue weighted by Crippen LogP contribution is 2.47. The van der Waals surface area contributed by atoms with Gasteiger partial charge in [-0.15, -0.1) is 11.3 Å². The van der Waals surface area contributed by atoms with Gasteiger partial charge in [0.25, 0.3) is 0 Å². The van der Waals surface area contributed by atoms with Crippen LogP contribution in [0.3, 0.4) is 0 Å². The van der Waals surface area contributed by atoms with Gasteiger partial charge in [0.15, 0.2) is 0 Å². The molecule has 11 rings (SSSR count). The molecule has 0 aliphatic rings. The third kappa shape index (κ3) is 5.24. The molecule has 0 spiro atoms. The number of benzene rings is 9. The second-order valence-corrected chi connectivity index (χ2v) is 15.1. The zero-order chi connectivity index (χ0) is 36.3. The van der Waals surface area contributed by atoms with Crippen molar-refractivity contribution in [3.63, 3.8) is 0 Å². The summed E-state index contributed by atoms with van der Waals surface area (Å²) in [6.07, 6.45) is 0. The molecule has 9 aromatic carbocycles. The van der Waals surface area contributed by atoms with Crippen molar-refractivity contribution < 1.29 is 4.42 Å². The van der Waals surface area contributed by atoms with Crippen LogP contribution in [0.2, 0.25) is 0 Å². The Morgan fingerprint density at radius 3 is 1.76 bits per heavy atom. The summed E-state index contributed by atoms with van der Waals surface area (Å²) in [6.45, 7) is 0. The maximum Gasteiger partial charge on any atom is 0.143 e. The minimum absolute atomic E-state index is 0.900. The highest BCUT2D eigenvalue weighted by molar-refractivity contribution is 7.25. The first-order valence-corrected chi connectivity index (χ1v) is 19.5. The van der Waals surface area contributed by atoms with Gasteiger partial charge in [-0.1, -0.05) is 158 Å². The number of anilines is 3. The van der Waals surface area contributed by atoms with Crippen LogP contribution < -0.4 is 4.90 Å². The van der Waals surface area contributed by atoms with E-state index < -0.39 is 0 Å². The minimum Gasteiger partial charge on any atom is -0.455 e. The standard InChI is InChI=1S/C52H33NOS/c1-3-14-34(15-4-1)38-30-31-48(41-19-8-7-18-39(38)41)53(37-27-29-44-43-21-10-12-25-50(43)55-51(44)33-37)36-26-28-40(47(32-36)35-16-5-2-6-17-35)45-22-13-23-46-42-20-9-11-24-49(42)54-52(45)46/h1-33H. The molecular weight excluding hydrogens is 687 g/mol. The van der Waals surface area contributed by atoms with Crippen molar-refractivity contribution in [2.24, 2.45) is 0 Å². The first-order valence-electron chi connectivity index (χ1n) is 18.7. The third-order valence-corrected chi connectivity index (χ3v) is 12.0. The number of nitrogens with zero attached hydrogens (tertiary/aromatic N) is 1. The molecule has 55 heavy (non-hydrogen) atoms. The Labute approximate surface area is 322 Å². The van der Waals surface area contributed by atoms with E-state index in [2.05, 4.69) is 199 Å². The van der Waals surface area contributed by atoms with E-state index in [1.54, 1.807) is 0 Å². The van der Waals surface area contributed by atoms with E-state index in [4.69, 9.17) is 4.42 Å². The van der Waals surface area contributed by atoms with E-state index in [-0.39, 0.29) is 0 Å². The van der Waals surface area contributed by atoms with Gasteiger partial charge >= 0.3 is 0 Å². The molecule has 0 amide bonds. The van der Waals surface area contributed by atoms with Crippen LogP contribution >= 0.6 is 11.3 Å². The van der Waals surface area contributed by atoms with E-state index in [0.717, 1.165) is 61.3 Å². The summed E-state index contributed by atoms with van der Waals surface area (Å²) in [6, 6.07) is 72.2. The lowest BCUT2D eigenvalue weighted by molar-refractivity contribution is 0.670. The molecule has 0 aliphatic carbocycles. The van der Waals surface area contributed by atoms with Crippen LogP contribution in [0.1, 0.15) is 0 Å². The monoisotopic (exact) mass is 719 g/mol. The predicted octanol–water partition coefficient (Wildman–Crippen LogP) is 15.6. The van der Waals surface area contributed by atoms with Crippen molar-refractivity contribution in [1.82, 2.24) is 0 Å². The minimum atomic E-state index is 0.900. The Balaban J connectivity index is 1.18. The van der Waals surface area contributed by atoms with Crippen molar-refractivity contribution in [3.8, 4) is 33.4 Å². The first kappa shape index (κ1) is 31.6. The highest BCUT2D eigenvalue weighted by atomic mass is 32.1. The Bertz CT molecular complexity index is 3210. The van der Waals surface area contributed by atoms with Gasteiger partial charge in [-0.25, -0.2) is 0 Å². The molecule has 3 heteroatoms. The maximum absolute atomic E-state index is 6.60. The summed E-state index contributed by atoms with van der Waals surface area (Å²) in [5.74, 6) is 0. The summed E-state index contributed by atoms with van der Waals surface area (Å²) < 4.78 is 9.17. The van der Waals surface area contributed by atoms with E-state index >= 15 is 0 Å². The summed E-state index contributed by atoms with van der Waals surface area (Å²) in [5.41, 5.74) is 12.1. The van der Waals surface area contributed by atoms with Gasteiger partial charge in [0.05, 0.1) is 5.69 Å². The van der Waals surface area contributed by atoms with Crippen LogP contribution in [0.5, 0.6) is 0 Å². The molecule has 2 nitrogen and oxygen atoms in total. The Kier molecular flexibility index (Phi) is 7.39. The second kappa shape index (κ2) is 12.9. The van der Waals surface area contributed by atoms with Gasteiger partial charge in [-0.2, -0.15) is 0 Å². The van der Waals surface area contributed by atoms with E-state index in [9.17, 15) is 0 Å². The van der Waals surface area contributed by atoms with Crippen LogP contribution in [-0.4, -0.2) is 0 Å². The molecule has 0 N–H and O–H groups in total. The molecule has 0 fully saturated rings. The van der Waals surface area contributed by atoms with E-state index in [0.29, 0.717) is 0 Å². The fourth-order valence-corrected chi connectivity index (χ4v) is 9.49. The van der Waals surface area contributed by atoms with Crippen LogP contribution in [0.25, 0.3) is 86.3 Å². The normalized spacial score (nSPS) is 11.6. The predicted molar refractivity (Wildman–Crippen MR) is 235 cm³/mol. The Morgan fingerprint density at radius 1 is 0.345 bits per heavy atom. The Morgan fingerprint density at radius 2 is 0.945 bits per heavy atom. The lowest BCUT2D eigenvalue weighted by Crippen LogP contribution is -2.11. The lowest BCUT2D eigenvalue weighted by atomic mass is 9.92. The topological polar surface area (TPSA) is 16.4 Å². The molecule has 11 aromatic rings. The van der Waals surface area contributed by atoms with Crippen LogP contribution in [0.15, 0.2) is 205 Å². The number of rotatable bonds is 6. The third-order valence-electron chi connectivity index (χ3n) is 10.9. The molecule has 0 saturated carbocycles. The molecule has 0 saturated heterocycles. The average Bonchev–Trinajstić information content (AvgIpc) is 3.83. The summed E-state index contributed by atoms with van der Waals surface area (Å²) in [4.78, 5) is 2.44. The summed E-state index contributed by atoms with van der Waals surface area (Å²) in [5, 5.41) is 7.25. The van der Waals surface area contributed by atoms with Crippen LogP contribution in [-0.2, 0) is 0 Å². The zero-order valence-electron chi connectivity index (χ0n) is 29.8. The molecule has 2 aromatic heterocycles. The number of para-hydroxylation sites is 2. The largest absolute Gasteiger partial charge is 0.455 e. The molecular formula is C52H33NOS. The van der Waals surface area contributed by atoms with E-state index in [1.165, 1.54) is 42.1 Å². The number of thiophene rings is 1. The quantitative estimate of drug-likeness (QED) is 0.170. The number of hydrogen-bond acceptors (Lipinski definition) is 3. The molecule has 0 atom stereocenters. The Hall–Kier alpha value is -6.94. The summed E-state index contributed by atoms with van der Waals surface area (Å²) in [7, 11) is 0.